The molecule has 19 heavy (non-hydrogen) atoms. The van der Waals surface area contributed by atoms with Crippen molar-refractivity contribution >= 4 is 23.9 Å². The number of amides is 5. The van der Waals surface area contributed by atoms with Gasteiger partial charge in [0.25, 0.3) is 0 Å². The number of hydrogen-bond donors (Lipinski definition) is 3. The van der Waals surface area contributed by atoms with Crippen molar-refractivity contribution in [3.05, 3.63) is 0 Å². The molecule has 0 bridgehead atoms. The number of alkyl carbamates (subject to hydrolysis) is 1. The molecule has 1 fully saturated rings. The third-order valence-corrected chi connectivity index (χ3v) is 2.42. The van der Waals surface area contributed by atoms with Crippen molar-refractivity contribution in [3.63, 3.8) is 0 Å². The van der Waals surface area contributed by atoms with Gasteiger partial charge in [0, 0.05) is 13.1 Å². The lowest BCUT2D eigenvalue weighted by Crippen LogP contribution is -2.59. The molecule has 0 aromatic heterocycles. The maximum atomic E-state index is 11.7. The minimum Gasteiger partial charge on any atom is -0.450 e. The van der Waals surface area contributed by atoms with E-state index in [1.54, 1.807) is 6.92 Å². The van der Waals surface area contributed by atoms with Gasteiger partial charge in [0.1, 0.15) is 5.92 Å². The van der Waals surface area contributed by atoms with E-state index in [4.69, 9.17) is 5.11 Å². The van der Waals surface area contributed by atoms with Crippen LogP contribution in [-0.4, -0.2) is 60.2 Å². The Kier molecular flexibility index (Phi) is 5.24. The monoisotopic (exact) mass is 273 g/mol. The highest BCUT2D eigenvalue weighted by Crippen LogP contribution is 2.08. The Balaban J connectivity index is 2.65. The number of carbonyl (C=O) groups is 4. The average molecular weight is 273 g/mol. The van der Waals surface area contributed by atoms with E-state index in [0.717, 1.165) is 4.90 Å². The Labute approximate surface area is 108 Å². The number of carbonyl (C=O) groups excluding carboxylic acids is 4. The van der Waals surface area contributed by atoms with Crippen molar-refractivity contribution in [3.8, 4) is 0 Å². The molecule has 0 spiro atoms. The van der Waals surface area contributed by atoms with E-state index in [1.807, 2.05) is 10.6 Å². The van der Waals surface area contributed by atoms with E-state index in [2.05, 4.69) is 4.74 Å². The molecular weight excluding hydrogens is 258 g/mol. The van der Waals surface area contributed by atoms with Crippen LogP contribution in [0.4, 0.5) is 9.59 Å². The lowest BCUT2D eigenvalue weighted by atomic mass is 10.1. The number of nitrogens with zero attached hydrogens (tertiary/aromatic N) is 1. The fourth-order valence-electron chi connectivity index (χ4n) is 1.53. The molecule has 0 aromatic carbocycles. The number of rotatable bonds is 4. The summed E-state index contributed by atoms with van der Waals surface area (Å²) >= 11 is 0. The molecule has 9 heteroatoms. The zero-order valence-electron chi connectivity index (χ0n) is 10.3. The van der Waals surface area contributed by atoms with E-state index in [9.17, 15) is 19.2 Å². The Hall–Kier alpha value is -2.16. The molecule has 0 aromatic rings. The van der Waals surface area contributed by atoms with Crippen molar-refractivity contribution < 1.29 is 29.0 Å². The van der Waals surface area contributed by atoms with Gasteiger partial charge in [-0.15, -0.1) is 0 Å². The Morgan fingerprint density at radius 1 is 1.53 bits per heavy atom. The molecule has 1 aliphatic heterocycles. The van der Waals surface area contributed by atoms with E-state index in [0.29, 0.717) is 0 Å². The number of aliphatic hydroxyl groups is 1. The van der Waals surface area contributed by atoms with Gasteiger partial charge >= 0.3 is 12.1 Å². The maximum Gasteiger partial charge on any atom is 0.413 e. The van der Waals surface area contributed by atoms with Gasteiger partial charge in [0.2, 0.25) is 11.8 Å². The summed E-state index contributed by atoms with van der Waals surface area (Å²) in [7, 11) is 0. The first-order chi connectivity index (χ1) is 8.99. The Bertz CT molecular complexity index is 397. The number of urea groups is 1. The first kappa shape index (κ1) is 14.9. The van der Waals surface area contributed by atoms with Crippen LogP contribution in [0.5, 0.6) is 0 Å². The SMILES string of the molecule is CCOC(=O)NC(=O)C1CN(CCO)C(=O)NC1=O. The highest BCUT2D eigenvalue weighted by atomic mass is 16.5. The standard InChI is InChI=1S/C10H15N3O6/c1-2-19-10(18)12-8(16)6-5-13(3-4-14)9(17)11-7(6)15/h6,14H,2-5H2,1H3,(H,11,15,17)(H,12,16,18). The van der Waals surface area contributed by atoms with Crippen LogP contribution in [0.25, 0.3) is 0 Å². The highest BCUT2D eigenvalue weighted by Gasteiger charge is 2.37. The molecular formula is C10H15N3O6. The molecule has 0 radical (unpaired) electrons. The van der Waals surface area contributed by atoms with Gasteiger partial charge < -0.3 is 14.7 Å². The van der Waals surface area contributed by atoms with E-state index in [1.165, 1.54) is 0 Å². The van der Waals surface area contributed by atoms with Crippen molar-refractivity contribution in [1.29, 1.82) is 0 Å². The number of β-amino-alcohol motifs (C(OH)–C–C–N with tert-alkyl or cyclic N) is 1. The summed E-state index contributed by atoms with van der Waals surface area (Å²) in [5, 5.41) is 12.6. The largest absolute Gasteiger partial charge is 0.450 e. The fourth-order valence-corrected chi connectivity index (χ4v) is 1.53. The first-order valence-electron chi connectivity index (χ1n) is 5.67. The normalized spacial score (nSPS) is 18.8. The average Bonchev–Trinajstić information content (AvgIpc) is 2.32. The lowest BCUT2D eigenvalue weighted by Gasteiger charge is -2.30. The maximum absolute atomic E-state index is 11.7. The molecule has 106 valence electrons. The summed E-state index contributed by atoms with van der Waals surface area (Å²) in [4.78, 5) is 46.7. The van der Waals surface area contributed by atoms with Crippen molar-refractivity contribution in [1.82, 2.24) is 15.5 Å². The molecule has 1 rings (SSSR count). The smallest absolute Gasteiger partial charge is 0.413 e. The Morgan fingerprint density at radius 3 is 2.79 bits per heavy atom. The molecule has 3 N–H and O–H groups in total. The molecule has 5 amide bonds. The van der Waals surface area contributed by atoms with Crippen molar-refractivity contribution in [2.24, 2.45) is 5.92 Å². The lowest BCUT2D eigenvalue weighted by molar-refractivity contribution is -0.136. The van der Waals surface area contributed by atoms with Gasteiger partial charge in [0.15, 0.2) is 0 Å². The number of ether oxygens (including phenoxy) is 1. The molecule has 1 saturated heterocycles. The van der Waals surface area contributed by atoms with Crippen LogP contribution in [-0.2, 0) is 14.3 Å². The molecule has 9 nitrogen and oxygen atoms in total. The van der Waals surface area contributed by atoms with Crippen molar-refractivity contribution in [2.45, 2.75) is 6.92 Å². The Morgan fingerprint density at radius 2 is 2.21 bits per heavy atom. The van der Waals surface area contributed by atoms with Gasteiger partial charge in [0.05, 0.1) is 13.2 Å². The first-order valence-corrected chi connectivity index (χ1v) is 5.67. The number of imide groups is 2. The summed E-state index contributed by atoms with van der Waals surface area (Å²) in [5.74, 6) is -2.86. The molecule has 0 aliphatic carbocycles. The second kappa shape index (κ2) is 6.69. The van der Waals surface area contributed by atoms with E-state index >= 15 is 0 Å². The summed E-state index contributed by atoms with van der Waals surface area (Å²) in [5.41, 5.74) is 0. The molecule has 1 atom stereocenters. The summed E-state index contributed by atoms with van der Waals surface area (Å²) < 4.78 is 4.51. The molecule has 1 heterocycles. The van der Waals surface area contributed by atoms with Crippen LogP contribution < -0.4 is 10.6 Å². The zero-order valence-corrected chi connectivity index (χ0v) is 10.3. The third kappa shape index (κ3) is 3.91. The quantitative estimate of drug-likeness (QED) is 0.531. The highest BCUT2D eigenvalue weighted by molar-refractivity contribution is 6.11. The third-order valence-electron chi connectivity index (χ3n) is 2.42. The van der Waals surface area contributed by atoms with E-state index < -0.39 is 29.9 Å². The summed E-state index contributed by atoms with van der Waals surface area (Å²) in [6, 6.07) is -0.681. The van der Waals surface area contributed by atoms with Crippen LogP contribution in [0.15, 0.2) is 0 Å². The van der Waals surface area contributed by atoms with Crippen LogP contribution in [0.2, 0.25) is 0 Å². The molecule has 0 saturated carbocycles. The van der Waals surface area contributed by atoms with Crippen LogP contribution in [0.1, 0.15) is 6.92 Å². The van der Waals surface area contributed by atoms with Gasteiger partial charge in [-0.3, -0.25) is 20.2 Å². The number of nitrogens with one attached hydrogen (secondary N) is 2. The van der Waals surface area contributed by atoms with Crippen molar-refractivity contribution in [2.75, 3.05) is 26.3 Å². The number of hydrogen-bond acceptors (Lipinski definition) is 6. The van der Waals surface area contributed by atoms with Gasteiger partial charge in [-0.2, -0.15) is 0 Å². The predicted molar refractivity (Wildman–Crippen MR) is 60.9 cm³/mol. The molecule has 1 aliphatic rings. The zero-order chi connectivity index (χ0) is 14.4. The summed E-state index contributed by atoms with van der Waals surface area (Å²) in [6.07, 6.45) is -0.953. The minimum absolute atomic E-state index is 0.0116. The second-order valence-corrected chi connectivity index (χ2v) is 3.73. The van der Waals surface area contributed by atoms with Gasteiger partial charge in [-0.05, 0) is 6.92 Å². The summed E-state index contributed by atoms with van der Waals surface area (Å²) in [6.45, 7) is 1.15. The topological polar surface area (TPSA) is 125 Å². The van der Waals surface area contributed by atoms with Gasteiger partial charge in [-0.25, -0.2) is 9.59 Å². The predicted octanol–water partition coefficient (Wildman–Crippen LogP) is -1.58. The molecule has 1 unspecified atom stereocenters. The van der Waals surface area contributed by atoms with Gasteiger partial charge in [-0.1, -0.05) is 0 Å². The van der Waals surface area contributed by atoms with Crippen LogP contribution >= 0.6 is 0 Å². The fraction of sp³-hybridized carbons (Fsp3) is 0.600. The minimum atomic E-state index is -1.21. The van der Waals surface area contributed by atoms with E-state index in [-0.39, 0.29) is 26.3 Å². The van der Waals surface area contributed by atoms with Crippen LogP contribution in [0.3, 0.4) is 0 Å². The van der Waals surface area contributed by atoms with Crippen LogP contribution in [0, 0.1) is 5.92 Å². The number of aliphatic hydroxyl groups excluding tert-OH is 1. The second-order valence-electron chi connectivity index (χ2n) is 3.73.